The van der Waals surface area contributed by atoms with Gasteiger partial charge < -0.3 is 16.4 Å². The summed E-state index contributed by atoms with van der Waals surface area (Å²) in [4.78, 5) is 30.4. The van der Waals surface area contributed by atoms with Gasteiger partial charge in [0.25, 0.3) is 5.91 Å². The minimum absolute atomic E-state index is 0. The number of amides is 2. The highest BCUT2D eigenvalue weighted by Gasteiger charge is 2.07. The highest BCUT2D eigenvalue weighted by atomic mass is 35.5. The molecule has 0 aliphatic carbocycles. The van der Waals surface area contributed by atoms with Crippen LogP contribution in [0.1, 0.15) is 23.8 Å². The van der Waals surface area contributed by atoms with Crippen molar-refractivity contribution in [3.63, 3.8) is 0 Å². The van der Waals surface area contributed by atoms with E-state index in [0.717, 1.165) is 0 Å². The van der Waals surface area contributed by atoms with E-state index >= 15 is 0 Å². The van der Waals surface area contributed by atoms with Gasteiger partial charge in [0.05, 0.1) is 6.20 Å². The minimum atomic E-state index is -0.315. The molecule has 8 heteroatoms. The fraction of sp³-hybridized carbons (Fsp3) is 0.455. The Bertz CT molecular complexity index is 399. The van der Waals surface area contributed by atoms with Gasteiger partial charge >= 0.3 is 0 Å². The normalized spacial score (nSPS) is 11.1. The monoisotopic (exact) mass is 287 g/mol. The Labute approximate surface area is 117 Å². The molecule has 0 fully saturated rings. The summed E-state index contributed by atoms with van der Waals surface area (Å²) in [6.07, 6.45) is 4.59. The SMILES string of the molecule is CC(N)CC(=O)NCCNC(=O)c1cnccn1.Cl. The topological polar surface area (TPSA) is 110 Å². The van der Waals surface area contributed by atoms with Crippen molar-refractivity contribution in [3.8, 4) is 0 Å². The predicted octanol–water partition coefficient (Wildman–Crippen LogP) is -0.518. The molecule has 0 saturated carbocycles. The average molecular weight is 288 g/mol. The summed E-state index contributed by atoms with van der Waals surface area (Å²) in [7, 11) is 0. The fourth-order valence-electron chi connectivity index (χ4n) is 1.25. The predicted molar refractivity (Wildman–Crippen MR) is 72.9 cm³/mol. The minimum Gasteiger partial charge on any atom is -0.354 e. The number of carbonyl (C=O) groups excluding carboxylic acids is 2. The molecule has 1 aromatic rings. The van der Waals surface area contributed by atoms with Crippen LogP contribution in [0.5, 0.6) is 0 Å². The summed E-state index contributed by atoms with van der Waals surface area (Å²) in [5.41, 5.74) is 5.73. The Hall–Kier alpha value is -1.73. The molecule has 0 radical (unpaired) electrons. The van der Waals surface area contributed by atoms with Crippen LogP contribution in [0.4, 0.5) is 0 Å². The number of halogens is 1. The maximum Gasteiger partial charge on any atom is 0.271 e. The Kier molecular flexibility index (Phi) is 8.39. The van der Waals surface area contributed by atoms with Gasteiger partial charge in [0, 0.05) is 37.9 Å². The van der Waals surface area contributed by atoms with Crippen molar-refractivity contribution in [2.24, 2.45) is 5.73 Å². The summed E-state index contributed by atoms with van der Waals surface area (Å²) in [6.45, 7) is 2.45. The molecule has 2 amide bonds. The molecular weight excluding hydrogens is 270 g/mol. The number of rotatable bonds is 6. The Morgan fingerprint density at radius 1 is 1.32 bits per heavy atom. The molecule has 1 heterocycles. The standard InChI is InChI=1S/C11H17N5O2.ClH/c1-8(12)6-10(17)15-4-5-16-11(18)9-7-13-2-3-14-9;/h2-3,7-8H,4-6,12H2,1H3,(H,15,17)(H,16,18);1H. The highest BCUT2D eigenvalue weighted by molar-refractivity contribution is 5.91. The van der Waals surface area contributed by atoms with Gasteiger partial charge in [-0.15, -0.1) is 12.4 Å². The van der Waals surface area contributed by atoms with Crippen molar-refractivity contribution in [2.45, 2.75) is 19.4 Å². The largest absolute Gasteiger partial charge is 0.354 e. The van der Waals surface area contributed by atoms with Crippen molar-refractivity contribution in [1.82, 2.24) is 20.6 Å². The van der Waals surface area contributed by atoms with E-state index < -0.39 is 0 Å². The van der Waals surface area contributed by atoms with E-state index in [1.807, 2.05) is 0 Å². The highest BCUT2D eigenvalue weighted by Crippen LogP contribution is 1.89. The van der Waals surface area contributed by atoms with E-state index in [1.165, 1.54) is 18.6 Å². The molecule has 4 N–H and O–H groups in total. The molecular formula is C11H18ClN5O2. The first-order chi connectivity index (χ1) is 8.59. The Morgan fingerprint density at radius 3 is 2.58 bits per heavy atom. The van der Waals surface area contributed by atoms with E-state index in [2.05, 4.69) is 20.6 Å². The van der Waals surface area contributed by atoms with E-state index in [0.29, 0.717) is 13.1 Å². The molecule has 0 spiro atoms. The van der Waals surface area contributed by atoms with Crippen LogP contribution in [0.25, 0.3) is 0 Å². The molecule has 1 unspecified atom stereocenters. The van der Waals surface area contributed by atoms with Gasteiger partial charge in [0.15, 0.2) is 0 Å². The summed E-state index contributed by atoms with van der Waals surface area (Å²) in [6, 6.07) is -0.167. The van der Waals surface area contributed by atoms with E-state index in [1.54, 1.807) is 6.92 Å². The molecule has 19 heavy (non-hydrogen) atoms. The summed E-state index contributed by atoms with van der Waals surface area (Å²) < 4.78 is 0. The van der Waals surface area contributed by atoms with Gasteiger partial charge in [-0.2, -0.15) is 0 Å². The quantitative estimate of drug-likeness (QED) is 0.610. The summed E-state index contributed by atoms with van der Waals surface area (Å²) >= 11 is 0. The average Bonchev–Trinajstić information content (AvgIpc) is 2.34. The summed E-state index contributed by atoms with van der Waals surface area (Å²) in [5.74, 6) is -0.441. The number of carbonyl (C=O) groups is 2. The first-order valence-electron chi connectivity index (χ1n) is 5.66. The van der Waals surface area contributed by atoms with Crippen LogP contribution in [0.15, 0.2) is 18.6 Å². The number of nitrogens with one attached hydrogen (secondary N) is 2. The van der Waals surface area contributed by atoms with Gasteiger partial charge in [-0.3, -0.25) is 14.6 Å². The lowest BCUT2D eigenvalue weighted by Gasteiger charge is -2.08. The van der Waals surface area contributed by atoms with E-state index in [-0.39, 0.29) is 42.4 Å². The van der Waals surface area contributed by atoms with Crippen molar-refractivity contribution < 1.29 is 9.59 Å². The third kappa shape index (κ3) is 7.32. The molecule has 1 atom stereocenters. The third-order valence-electron chi connectivity index (χ3n) is 2.04. The lowest BCUT2D eigenvalue weighted by molar-refractivity contribution is -0.121. The molecule has 0 saturated heterocycles. The second-order valence-corrected chi connectivity index (χ2v) is 3.88. The van der Waals surface area contributed by atoms with Gasteiger partial charge in [-0.05, 0) is 6.92 Å². The Balaban J connectivity index is 0.00000324. The van der Waals surface area contributed by atoms with Gasteiger partial charge in [-0.1, -0.05) is 0 Å². The first kappa shape index (κ1) is 17.3. The van der Waals surface area contributed by atoms with Gasteiger partial charge in [-0.25, -0.2) is 4.98 Å². The maximum absolute atomic E-state index is 11.5. The van der Waals surface area contributed by atoms with Crippen molar-refractivity contribution in [1.29, 1.82) is 0 Å². The molecule has 1 rings (SSSR count). The number of nitrogens with two attached hydrogens (primary N) is 1. The van der Waals surface area contributed by atoms with Gasteiger partial charge in [0.1, 0.15) is 5.69 Å². The molecule has 7 nitrogen and oxygen atoms in total. The van der Waals surface area contributed by atoms with Crippen LogP contribution in [-0.4, -0.2) is 40.9 Å². The molecule has 1 aromatic heterocycles. The van der Waals surface area contributed by atoms with E-state index in [9.17, 15) is 9.59 Å². The zero-order valence-electron chi connectivity index (χ0n) is 10.6. The lowest BCUT2D eigenvalue weighted by Crippen LogP contribution is -2.36. The number of nitrogens with zero attached hydrogens (tertiary/aromatic N) is 2. The zero-order chi connectivity index (χ0) is 13.4. The second-order valence-electron chi connectivity index (χ2n) is 3.88. The van der Waals surface area contributed by atoms with Crippen LogP contribution in [0.2, 0.25) is 0 Å². The second kappa shape index (κ2) is 9.23. The molecule has 0 aliphatic rings. The molecule has 0 bridgehead atoms. The van der Waals surface area contributed by atoms with Crippen molar-refractivity contribution in [3.05, 3.63) is 24.3 Å². The van der Waals surface area contributed by atoms with Crippen molar-refractivity contribution >= 4 is 24.2 Å². The fourth-order valence-corrected chi connectivity index (χ4v) is 1.25. The number of hydrogen-bond acceptors (Lipinski definition) is 5. The lowest BCUT2D eigenvalue weighted by atomic mass is 10.2. The number of aromatic nitrogens is 2. The maximum atomic E-state index is 11.5. The smallest absolute Gasteiger partial charge is 0.271 e. The van der Waals surface area contributed by atoms with Crippen LogP contribution >= 0.6 is 12.4 Å². The van der Waals surface area contributed by atoms with Gasteiger partial charge in [0.2, 0.25) is 5.91 Å². The number of hydrogen-bond donors (Lipinski definition) is 3. The van der Waals surface area contributed by atoms with Crippen LogP contribution in [-0.2, 0) is 4.79 Å². The Morgan fingerprint density at radius 2 is 2.00 bits per heavy atom. The first-order valence-corrected chi connectivity index (χ1v) is 5.66. The molecule has 0 aromatic carbocycles. The zero-order valence-corrected chi connectivity index (χ0v) is 11.4. The van der Waals surface area contributed by atoms with Crippen LogP contribution in [0.3, 0.4) is 0 Å². The molecule has 106 valence electrons. The van der Waals surface area contributed by atoms with Crippen LogP contribution in [0, 0.1) is 0 Å². The van der Waals surface area contributed by atoms with Crippen molar-refractivity contribution in [2.75, 3.05) is 13.1 Å². The van der Waals surface area contributed by atoms with E-state index in [4.69, 9.17) is 5.73 Å². The van der Waals surface area contributed by atoms with Crippen LogP contribution < -0.4 is 16.4 Å². The summed E-state index contributed by atoms with van der Waals surface area (Å²) in [5, 5.41) is 5.27. The molecule has 0 aliphatic heterocycles. The third-order valence-corrected chi connectivity index (χ3v) is 2.04.